The fourth-order valence-electron chi connectivity index (χ4n) is 0.564. The van der Waals surface area contributed by atoms with Gasteiger partial charge in [0.05, 0.1) is 6.61 Å². The highest BCUT2D eigenvalue weighted by atomic mass is 127. The minimum atomic E-state index is -0.411. The van der Waals surface area contributed by atoms with Crippen molar-refractivity contribution in [3.63, 3.8) is 0 Å². The van der Waals surface area contributed by atoms with Gasteiger partial charge >= 0.3 is 5.97 Å². The number of unbranched alkanes of at least 4 members (excludes halogenated alkanes) is 1. The molecule has 0 heterocycles. The van der Waals surface area contributed by atoms with E-state index in [9.17, 15) is 4.79 Å². The minimum Gasteiger partial charge on any atom is -0.465 e. The van der Waals surface area contributed by atoms with Crippen molar-refractivity contribution in [1.82, 2.24) is 0 Å². The molecule has 0 aliphatic heterocycles. The normalized spacial score (nSPS) is 10.9. The van der Waals surface area contributed by atoms with E-state index in [2.05, 4.69) is 29.2 Å². The van der Waals surface area contributed by atoms with Crippen LogP contribution in [0.5, 0.6) is 0 Å². The average Bonchev–Trinajstić information content (AvgIpc) is 1.96. The molecule has 0 spiro atoms. The molecule has 0 atom stereocenters. The van der Waals surface area contributed by atoms with E-state index in [1.54, 1.807) is 0 Å². The van der Waals surface area contributed by atoms with Crippen molar-refractivity contribution in [1.29, 1.82) is 0 Å². The second-order valence-electron chi connectivity index (χ2n) is 3.04. The van der Waals surface area contributed by atoms with Crippen LogP contribution in [0.1, 0.15) is 26.7 Å². The van der Waals surface area contributed by atoms with Crippen LogP contribution in [0.25, 0.3) is 0 Å². The van der Waals surface area contributed by atoms with E-state index in [1.165, 1.54) is 0 Å². The standard InChI is InChI=1S/C9H15IO2/c1-4-5-6-7-12-8(11)9(2,3)10/h4H,1,5-7H2,2-3H3. The van der Waals surface area contributed by atoms with Crippen LogP contribution < -0.4 is 0 Å². The highest BCUT2D eigenvalue weighted by Crippen LogP contribution is 2.18. The molecule has 0 bridgehead atoms. The van der Waals surface area contributed by atoms with Gasteiger partial charge in [-0.25, -0.2) is 0 Å². The first kappa shape index (κ1) is 11.9. The summed E-state index contributed by atoms with van der Waals surface area (Å²) < 4.78 is 4.60. The molecule has 0 aromatic heterocycles. The van der Waals surface area contributed by atoms with Crippen molar-refractivity contribution in [2.24, 2.45) is 0 Å². The highest BCUT2D eigenvalue weighted by Gasteiger charge is 2.24. The number of ether oxygens (including phenoxy) is 1. The van der Waals surface area contributed by atoms with E-state index in [4.69, 9.17) is 4.74 Å². The number of carbonyl (C=O) groups excluding carboxylic acids is 1. The highest BCUT2D eigenvalue weighted by molar-refractivity contribution is 14.1. The second-order valence-corrected chi connectivity index (χ2v) is 5.74. The van der Waals surface area contributed by atoms with E-state index in [-0.39, 0.29) is 5.97 Å². The van der Waals surface area contributed by atoms with E-state index >= 15 is 0 Å². The van der Waals surface area contributed by atoms with Crippen LogP contribution in [0.15, 0.2) is 12.7 Å². The molecule has 0 saturated carbocycles. The second kappa shape index (κ2) is 5.56. The van der Waals surface area contributed by atoms with Crippen molar-refractivity contribution in [3.8, 4) is 0 Å². The van der Waals surface area contributed by atoms with Gasteiger partial charge in [0.25, 0.3) is 0 Å². The topological polar surface area (TPSA) is 26.3 Å². The number of carbonyl (C=O) groups is 1. The molecule has 0 unspecified atom stereocenters. The summed E-state index contributed by atoms with van der Waals surface area (Å²) in [5.41, 5.74) is 0. The van der Waals surface area contributed by atoms with Crippen LogP contribution in [0, 0.1) is 0 Å². The summed E-state index contributed by atoms with van der Waals surface area (Å²) >= 11 is 2.07. The van der Waals surface area contributed by atoms with E-state index in [1.807, 2.05) is 19.9 Å². The Kier molecular flexibility index (Phi) is 5.53. The van der Waals surface area contributed by atoms with E-state index < -0.39 is 3.42 Å². The third-order valence-electron chi connectivity index (χ3n) is 1.27. The molecule has 0 N–H and O–H groups in total. The van der Waals surface area contributed by atoms with Crippen LogP contribution in [0.2, 0.25) is 0 Å². The maximum atomic E-state index is 11.2. The zero-order chi connectivity index (χ0) is 9.61. The van der Waals surface area contributed by atoms with E-state index in [0.717, 1.165) is 12.8 Å². The Hall–Kier alpha value is -0.0600. The molecule has 0 aliphatic carbocycles. The molecule has 0 rings (SSSR count). The number of rotatable bonds is 5. The van der Waals surface area contributed by atoms with Crippen LogP contribution in [-0.2, 0) is 9.53 Å². The van der Waals surface area contributed by atoms with Gasteiger partial charge in [-0.1, -0.05) is 28.7 Å². The van der Waals surface area contributed by atoms with Gasteiger partial charge in [0, 0.05) is 0 Å². The lowest BCUT2D eigenvalue weighted by Crippen LogP contribution is -2.26. The number of hydrogen-bond donors (Lipinski definition) is 0. The number of esters is 1. The summed E-state index contributed by atoms with van der Waals surface area (Å²) in [7, 11) is 0. The van der Waals surface area contributed by atoms with E-state index in [0.29, 0.717) is 6.61 Å². The molecular formula is C9H15IO2. The first-order chi connectivity index (χ1) is 5.48. The van der Waals surface area contributed by atoms with Crippen molar-refractivity contribution in [2.45, 2.75) is 30.1 Å². The van der Waals surface area contributed by atoms with Crippen molar-refractivity contribution in [2.75, 3.05) is 6.61 Å². The van der Waals surface area contributed by atoms with Gasteiger partial charge in [-0.05, 0) is 26.7 Å². The lowest BCUT2D eigenvalue weighted by Gasteiger charge is -2.14. The van der Waals surface area contributed by atoms with Crippen LogP contribution >= 0.6 is 22.6 Å². The smallest absolute Gasteiger partial charge is 0.321 e. The van der Waals surface area contributed by atoms with Gasteiger partial charge in [0.2, 0.25) is 0 Å². The van der Waals surface area contributed by atoms with Gasteiger partial charge in [0.15, 0.2) is 0 Å². The Labute approximate surface area is 87.5 Å². The summed E-state index contributed by atoms with van der Waals surface area (Å²) in [4.78, 5) is 11.2. The molecule has 2 nitrogen and oxygen atoms in total. The third-order valence-corrected chi connectivity index (χ3v) is 1.71. The largest absolute Gasteiger partial charge is 0.465 e. The van der Waals surface area contributed by atoms with Gasteiger partial charge in [-0.3, -0.25) is 4.79 Å². The third kappa shape index (κ3) is 5.57. The molecule has 70 valence electrons. The minimum absolute atomic E-state index is 0.146. The molecule has 12 heavy (non-hydrogen) atoms. The molecule has 0 aromatic rings. The van der Waals surface area contributed by atoms with Crippen LogP contribution in [0.4, 0.5) is 0 Å². The Morgan fingerprint density at radius 3 is 2.67 bits per heavy atom. The average molecular weight is 282 g/mol. The molecule has 3 heteroatoms. The number of allylic oxidation sites excluding steroid dienone is 1. The Morgan fingerprint density at radius 2 is 2.25 bits per heavy atom. The molecular weight excluding hydrogens is 267 g/mol. The summed E-state index contributed by atoms with van der Waals surface area (Å²) in [6.45, 7) is 7.75. The lowest BCUT2D eigenvalue weighted by molar-refractivity contribution is -0.145. The Bertz CT molecular complexity index is 158. The molecule has 0 fully saturated rings. The monoisotopic (exact) mass is 282 g/mol. The van der Waals surface area contributed by atoms with Gasteiger partial charge in [0.1, 0.15) is 3.42 Å². The van der Waals surface area contributed by atoms with Crippen LogP contribution in [0.3, 0.4) is 0 Å². The molecule has 0 aliphatic rings. The molecule has 0 saturated heterocycles. The maximum Gasteiger partial charge on any atom is 0.321 e. The van der Waals surface area contributed by atoms with Crippen LogP contribution in [-0.4, -0.2) is 16.0 Å². The van der Waals surface area contributed by atoms with Gasteiger partial charge < -0.3 is 4.74 Å². The SMILES string of the molecule is C=CCCCOC(=O)C(C)(C)I. The first-order valence-electron chi connectivity index (χ1n) is 3.95. The van der Waals surface area contributed by atoms with Crippen molar-refractivity contribution in [3.05, 3.63) is 12.7 Å². The summed E-state index contributed by atoms with van der Waals surface area (Å²) in [5.74, 6) is -0.146. The molecule has 0 aromatic carbocycles. The first-order valence-corrected chi connectivity index (χ1v) is 5.03. The Morgan fingerprint density at radius 1 is 1.67 bits per heavy atom. The fraction of sp³-hybridized carbons (Fsp3) is 0.667. The zero-order valence-corrected chi connectivity index (χ0v) is 9.76. The number of halogens is 1. The predicted molar refractivity (Wildman–Crippen MR) is 58.5 cm³/mol. The molecule has 0 radical (unpaired) electrons. The predicted octanol–water partition coefficient (Wildman–Crippen LogP) is 2.71. The fourth-order valence-corrected chi connectivity index (χ4v) is 0.720. The molecule has 0 amide bonds. The van der Waals surface area contributed by atoms with Gasteiger partial charge in [-0.15, -0.1) is 6.58 Å². The number of alkyl halides is 1. The Balaban J connectivity index is 3.51. The number of hydrogen-bond acceptors (Lipinski definition) is 2. The zero-order valence-electron chi connectivity index (χ0n) is 7.60. The summed E-state index contributed by atoms with van der Waals surface area (Å²) in [6, 6.07) is 0. The summed E-state index contributed by atoms with van der Waals surface area (Å²) in [5, 5.41) is 0. The lowest BCUT2D eigenvalue weighted by atomic mass is 10.2. The summed E-state index contributed by atoms with van der Waals surface area (Å²) in [6.07, 6.45) is 3.58. The quantitative estimate of drug-likeness (QED) is 0.255. The van der Waals surface area contributed by atoms with Crippen molar-refractivity contribution >= 4 is 28.6 Å². The maximum absolute atomic E-state index is 11.2. The van der Waals surface area contributed by atoms with Gasteiger partial charge in [-0.2, -0.15) is 0 Å². The van der Waals surface area contributed by atoms with Crippen molar-refractivity contribution < 1.29 is 9.53 Å².